The zero-order valence-electron chi connectivity index (χ0n) is 33.6. The third-order valence-electron chi connectivity index (χ3n) is 9.07. The molecular formula is C41H82NO7P. The van der Waals surface area contributed by atoms with Crippen molar-refractivity contribution < 1.29 is 37.3 Å². The number of ether oxygens (including phenoxy) is 2. The summed E-state index contributed by atoms with van der Waals surface area (Å²) < 4.78 is 34.5. The lowest BCUT2D eigenvalue weighted by Gasteiger charge is -2.28. The van der Waals surface area contributed by atoms with Gasteiger partial charge in [-0.3, -0.25) is 9.36 Å². The number of phosphoric acid groups is 1. The molecule has 0 fully saturated rings. The summed E-state index contributed by atoms with van der Waals surface area (Å²) >= 11 is 0. The molecule has 0 saturated carbocycles. The van der Waals surface area contributed by atoms with Crippen LogP contribution in [0.5, 0.6) is 0 Å². The zero-order chi connectivity index (χ0) is 37.0. The SMILES string of the molecule is CCCC/C=C\CCCCCCCC(=O)OC(COCCCCCCCCCCCCCCCCCCC)COP(=O)([O-])OCC[N+](C)(C)C. The fourth-order valence-electron chi connectivity index (χ4n) is 5.76. The van der Waals surface area contributed by atoms with Crippen LogP contribution in [0.15, 0.2) is 12.2 Å². The van der Waals surface area contributed by atoms with Crippen molar-refractivity contribution in [1.82, 2.24) is 0 Å². The molecule has 2 unspecified atom stereocenters. The molecule has 0 aromatic heterocycles. The van der Waals surface area contributed by atoms with Crippen LogP contribution < -0.4 is 4.89 Å². The molecule has 0 aliphatic heterocycles. The van der Waals surface area contributed by atoms with Crippen LogP contribution in [0.25, 0.3) is 0 Å². The van der Waals surface area contributed by atoms with E-state index in [9.17, 15) is 14.3 Å². The topological polar surface area (TPSA) is 94.1 Å². The first kappa shape index (κ1) is 49.2. The maximum Gasteiger partial charge on any atom is 0.306 e. The van der Waals surface area contributed by atoms with Crippen LogP contribution in [0.4, 0.5) is 0 Å². The van der Waals surface area contributed by atoms with E-state index in [-0.39, 0.29) is 25.8 Å². The highest BCUT2D eigenvalue weighted by Gasteiger charge is 2.20. The number of hydrogen-bond donors (Lipinski definition) is 0. The number of hydrogen-bond acceptors (Lipinski definition) is 7. The Hall–Kier alpha value is -0.760. The minimum absolute atomic E-state index is 0.0275. The second-order valence-corrected chi connectivity index (χ2v) is 16.8. The quantitative estimate of drug-likeness (QED) is 0.0204. The summed E-state index contributed by atoms with van der Waals surface area (Å²) in [5.74, 6) is -0.342. The number of likely N-dealkylation sites (N-methyl/N-ethyl adjacent to an activating group) is 1. The number of rotatable bonds is 39. The fourth-order valence-corrected chi connectivity index (χ4v) is 6.49. The van der Waals surface area contributed by atoms with E-state index in [1.807, 2.05) is 21.1 Å². The number of esters is 1. The van der Waals surface area contributed by atoms with Crippen molar-refractivity contribution in [2.24, 2.45) is 0 Å². The van der Waals surface area contributed by atoms with Gasteiger partial charge in [0.15, 0.2) is 0 Å². The Kier molecular flexibility index (Phi) is 34.7. The number of unbranched alkanes of at least 4 members (excludes halogenated alkanes) is 23. The molecule has 8 nitrogen and oxygen atoms in total. The first-order valence-electron chi connectivity index (χ1n) is 20.9. The van der Waals surface area contributed by atoms with Gasteiger partial charge in [0.2, 0.25) is 0 Å². The second-order valence-electron chi connectivity index (χ2n) is 15.4. The molecule has 0 bridgehead atoms. The number of nitrogens with zero attached hydrogens (tertiary/aromatic N) is 1. The standard InChI is InChI=1S/C41H82NO7P/c1-6-8-10-12-14-16-18-19-20-21-22-23-25-27-29-31-33-36-46-38-40(39-48-50(44,45)47-37-35-42(3,4)5)49-41(43)34-32-30-28-26-24-17-15-13-11-9-7-2/h13,15,40H,6-12,14,16-39H2,1-5H3/b15-13-. The molecule has 0 aliphatic carbocycles. The summed E-state index contributed by atoms with van der Waals surface area (Å²) in [6.07, 6.45) is 36.5. The molecule has 0 aliphatic rings. The van der Waals surface area contributed by atoms with Crippen molar-refractivity contribution in [3.8, 4) is 0 Å². The second kappa shape index (κ2) is 35.3. The Bertz CT molecular complexity index is 817. The van der Waals surface area contributed by atoms with Gasteiger partial charge in [0.05, 0.1) is 34.4 Å². The lowest BCUT2D eigenvalue weighted by atomic mass is 10.0. The van der Waals surface area contributed by atoms with Gasteiger partial charge in [0.25, 0.3) is 7.82 Å². The molecule has 0 spiro atoms. The van der Waals surface area contributed by atoms with Gasteiger partial charge in [-0.15, -0.1) is 0 Å². The van der Waals surface area contributed by atoms with Crippen molar-refractivity contribution in [3.63, 3.8) is 0 Å². The van der Waals surface area contributed by atoms with E-state index in [0.29, 0.717) is 24.1 Å². The summed E-state index contributed by atoms with van der Waals surface area (Å²) in [6, 6.07) is 0. The van der Waals surface area contributed by atoms with Gasteiger partial charge in [-0.25, -0.2) is 0 Å². The van der Waals surface area contributed by atoms with Gasteiger partial charge in [0, 0.05) is 13.0 Å². The van der Waals surface area contributed by atoms with Crippen LogP contribution in [-0.2, 0) is 27.9 Å². The van der Waals surface area contributed by atoms with E-state index in [2.05, 4.69) is 26.0 Å². The van der Waals surface area contributed by atoms with E-state index in [1.54, 1.807) is 0 Å². The van der Waals surface area contributed by atoms with Gasteiger partial charge < -0.3 is 27.9 Å². The van der Waals surface area contributed by atoms with Gasteiger partial charge in [-0.1, -0.05) is 161 Å². The Balaban J connectivity index is 4.19. The van der Waals surface area contributed by atoms with Crippen LogP contribution in [0, 0.1) is 0 Å². The lowest BCUT2D eigenvalue weighted by molar-refractivity contribution is -0.870. The van der Waals surface area contributed by atoms with Crippen molar-refractivity contribution in [1.29, 1.82) is 0 Å². The van der Waals surface area contributed by atoms with Gasteiger partial charge in [-0.2, -0.15) is 0 Å². The van der Waals surface area contributed by atoms with Crippen molar-refractivity contribution >= 4 is 13.8 Å². The van der Waals surface area contributed by atoms with E-state index in [0.717, 1.165) is 44.9 Å². The molecule has 0 amide bonds. The van der Waals surface area contributed by atoms with Crippen molar-refractivity contribution in [2.75, 3.05) is 54.1 Å². The first-order chi connectivity index (χ1) is 24.1. The van der Waals surface area contributed by atoms with Crippen LogP contribution >= 0.6 is 7.82 Å². The molecular weight excluding hydrogens is 649 g/mol. The number of phosphoric ester groups is 1. The van der Waals surface area contributed by atoms with E-state index in [4.69, 9.17) is 18.5 Å². The highest BCUT2D eigenvalue weighted by molar-refractivity contribution is 7.45. The summed E-state index contributed by atoms with van der Waals surface area (Å²) in [7, 11) is 1.36. The highest BCUT2D eigenvalue weighted by atomic mass is 31.2. The third-order valence-corrected chi connectivity index (χ3v) is 10.0. The number of quaternary nitrogens is 1. The molecule has 0 saturated heterocycles. The number of carbonyl (C=O) groups excluding carboxylic acids is 1. The van der Waals surface area contributed by atoms with Gasteiger partial charge in [-0.05, 0) is 32.1 Å². The summed E-state index contributed by atoms with van der Waals surface area (Å²) in [5.41, 5.74) is 0. The largest absolute Gasteiger partial charge is 0.756 e. The molecule has 0 radical (unpaired) electrons. The zero-order valence-corrected chi connectivity index (χ0v) is 34.5. The summed E-state index contributed by atoms with van der Waals surface area (Å²) in [5, 5.41) is 0. The molecule has 9 heteroatoms. The van der Waals surface area contributed by atoms with Gasteiger partial charge in [0.1, 0.15) is 19.3 Å². The Morgan fingerprint density at radius 1 is 0.600 bits per heavy atom. The summed E-state index contributed by atoms with van der Waals surface area (Å²) in [4.78, 5) is 24.9. The monoisotopic (exact) mass is 732 g/mol. The maximum atomic E-state index is 12.6. The van der Waals surface area contributed by atoms with Crippen molar-refractivity contribution in [2.45, 2.75) is 193 Å². The number of allylic oxidation sites excluding steroid dienone is 2. The van der Waals surface area contributed by atoms with Crippen LogP contribution in [0.3, 0.4) is 0 Å². The van der Waals surface area contributed by atoms with Crippen LogP contribution in [0.2, 0.25) is 0 Å². The predicted octanol–water partition coefficient (Wildman–Crippen LogP) is 11.3. The first-order valence-corrected chi connectivity index (χ1v) is 22.4. The Morgan fingerprint density at radius 2 is 1.06 bits per heavy atom. The Morgan fingerprint density at radius 3 is 1.58 bits per heavy atom. The molecule has 0 aromatic rings. The smallest absolute Gasteiger partial charge is 0.306 e. The van der Waals surface area contributed by atoms with E-state index >= 15 is 0 Å². The number of carbonyl (C=O) groups is 1. The normalized spacial score (nSPS) is 14.0. The highest BCUT2D eigenvalue weighted by Crippen LogP contribution is 2.38. The maximum absolute atomic E-state index is 12.6. The minimum Gasteiger partial charge on any atom is -0.756 e. The molecule has 0 aromatic carbocycles. The molecule has 0 N–H and O–H groups in total. The molecule has 0 heterocycles. The molecule has 50 heavy (non-hydrogen) atoms. The Labute approximate surface area is 310 Å². The van der Waals surface area contributed by atoms with Gasteiger partial charge >= 0.3 is 5.97 Å². The predicted molar refractivity (Wildman–Crippen MR) is 208 cm³/mol. The average Bonchev–Trinajstić information content (AvgIpc) is 3.06. The minimum atomic E-state index is -4.52. The van der Waals surface area contributed by atoms with Crippen LogP contribution in [0.1, 0.15) is 187 Å². The average molecular weight is 732 g/mol. The molecule has 2 atom stereocenters. The van der Waals surface area contributed by atoms with Crippen LogP contribution in [-0.4, -0.2) is 70.7 Å². The third kappa shape index (κ3) is 38.5. The summed E-state index contributed by atoms with van der Waals surface area (Å²) in [6.45, 7) is 5.39. The van der Waals surface area contributed by atoms with E-state index < -0.39 is 13.9 Å². The molecule has 0 rings (SSSR count). The lowest BCUT2D eigenvalue weighted by Crippen LogP contribution is -2.37. The van der Waals surface area contributed by atoms with Crippen molar-refractivity contribution in [3.05, 3.63) is 12.2 Å². The molecule has 298 valence electrons. The van der Waals surface area contributed by atoms with E-state index in [1.165, 1.54) is 122 Å². The fraction of sp³-hybridized carbons (Fsp3) is 0.927.